The largest absolute Gasteiger partial charge is 0.434 e. The number of rotatable bonds is 6. The molecule has 0 aliphatic carbocycles. The third-order valence-electron chi connectivity index (χ3n) is 3.43. The Kier molecular flexibility index (Phi) is 6.85. The van der Waals surface area contributed by atoms with Crippen molar-refractivity contribution in [3.63, 3.8) is 0 Å². The normalized spacial score (nSPS) is 18.3. The van der Waals surface area contributed by atoms with Crippen molar-refractivity contribution in [1.82, 2.24) is 10.6 Å². The molecule has 2 rings (SSSR count). The van der Waals surface area contributed by atoms with Crippen LogP contribution < -0.4 is 15.4 Å². The Morgan fingerprint density at radius 2 is 2.30 bits per heavy atom. The predicted octanol–water partition coefficient (Wildman–Crippen LogP) is 2.79. The maximum absolute atomic E-state index is 12.4. The van der Waals surface area contributed by atoms with E-state index < -0.39 is 6.61 Å². The van der Waals surface area contributed by atoms with Crippen LogP contribution in [0, 0.1) is 0 Å². The monoisotopic (exact) mass is 347 g/mol. The van der Waals surface area contributed by atoms with Crippen LogP contribution in [-0.2, 0) is 11.3 Å². The first kappa shape index (κ1) is 17.7. The van der Waals surface area contributed by atoms with Crippen LogP contribution in [0.4, 0.5) is 8.78 Å². The third-order valence-corrected chi connectivity index (χ3v) is 3.66. The summed E-state index contributed by atoms with van der Waals surface area (Å²) in [5.41, 5.74) is 0.526. The molecule has 1 heterocycles. The van der Waals surface area contributed by atoms with Crippen molar-refractivity contribution in [3.05, 3.63) is 28.8 Å². The minimum atomic E-state index is -2.88. The molecule has 8 heteroatoms. The van der Waals surface area contributed by atoms with E-state index in [0.717, 1.165) is 19.4 Å². The number of halogens is 3. The molecule has 0 amide bonds. The summed E-state index contributed by atoms with van der Waals surface area (Å²) in [6.45, 7) is -1.19. The van der Waals surface area contributed by atoms with Gasteiger partial charge in [-0.3, -0.25) is 4.99 Å². The Morgan fingerprint density at radius 3 is 2.96 bits per heavy atom. The number of alkyl halides is 2. The van der Waals surface area contributed by atoms with Crippen LogP contribution in [0.25, 0.3) is 0 Å². The Bertz CT molecular complexity index is 537. The minimum Gasteiger partial charge on any atom is -0.434 e. The molecule has 0 saturated carbocycles. The Labute approximate surface area is 139 Å². The molecule has 5 nitrogen and oxygen atoms in total. The lowest BCUT2D eigenvalue weighted by Crippen LogP contribution is -2.40. The first-order valence-corrected chi connectivity index (χ1v) is 7.75. The molecule has 2 N–H and O–H groups in total. The van der Waals surface area contributed by atoms with Crippen LogP contribution in [0.5, 0.6) is 5.75 Å². The molecular formula is C15H20ClF2N3O2. The van der Waals surface area contributed by atoms with Gasteiger partial charge in [-0.2, -0.15) is 8.78 Å². The summed E-state index contributed by atoms with van der Waals surface area (Å²) >= 11 is 5.92. The molecule has 1 unspecified atom stereocenters. The fourth-order valence-electron chi connectivity index (χ4n) is 2.31. The molecule has 1 atom stereocenters. The average molecular weight is 348 g/mol. The van der Waals surface area contributed by atoms with Gasteiger partial charge in [-0.15, -0.1) is 0 Å². The molecule has 0 aromatic heterocycles. The second kappa shape index (κ2) is 8.88. The summed E-state index contributed by atoms with van der Waals surface area (Å²) < 4.78 is 34.9. The smallest absolute Gasteiger partial charge is 0.387 e. The molecule has 0 radical (unpaired) electrons. The zero-order chi connectivity index (χ0) is 16.7. The van der Waals surface area contributed by atoms with Gasteiger partial charge in [0.2, 0.25) is 0 Å². The molecule has 23 heavy (non-hydrogen) atoms. The molecule has 0 spiro atoms. The fourth-order valence-corrected chi connectivity index (χ4v) is 2.51. The van der Waals surface area contributed by atoms with Gasteiger partial charge in [0.15, 0.2) is 5.96 Å². The van der Waals surface area contributed by atoms with Gasteiger partial charge in [0, 0.05) is 37.3 Å². The highest BCUT2D eigenvalue weighted by Gasteiger charge is 2.16. The average Bonchev–Trinajstić information content (AvgIpc) is 3.03. The van der Waals surface area contributed by atoms with Crippen molar-refractivity contribution in [3.8, 4) is 5.75 Å². The van der Waals surface area contributed by atoms with Crippen molar-refractivity contribution in [2.24, 2.45) is 4.99 Å². The lowest BCUT2D eigenvalue weighted by Gasteiger charge is -2.16. The first-order chi connectivity index (χ1) is 11.1. The number of aliphatic imine (C=N–C) groups is 1. The summed E-state index contributed by atoms with van der Waals surface area (Å²) in [4.78, 5) is 4.09. The van der Waals surface area contributed by atoms with Crippen molar-refractivity contribution in [1.29, 1.82) is 0 Å². The second-order valence-electron chi connectivity index (χ2n) is 5.07. The van der Waals surface area contributed by atoms with E-state index in [9.17, 15) is 8.78 Å². The van der Waals surface area contributed by atoms with E-state index >= 15 is 0 Å². The molecule has 128 valence electrons. The molecule has 0 bridgehead atoms. The lowest BCUT2D eigenvalue weighted by molar-refractivity contribution is -0.0504. The van der Waals surface area contributed by atoms with E-state index in [4.69, 9.17) is 16.3 Å². The molecule has 1 aromatic carbocycles. The van der Waals surface area contributed by atoms with Gasteiger partial charge in [-0.05, 0) is 31.0 Å². The predicted molar refractivity (Wildman–Crippen MR) is 85.3 cm³/mol. The van der Waals surface area contributed by atoms with Gasteiger partial charge < -0.3 is 20.1 Å². The quantitative estimate of drug-likeness (QED) is 0.614. The zero-order valence-corrected chi connectivity index (χ0v) is 13.6. The van der Waals surface area contributed by atoms with Crippen LogP contribution in [0.1, 0.15) is 18.4 Å². The number of hydrogen-bond acceptors (Lipinski definition) is 3. The molecular weight excluding hydrogens is 328 g/mol. The second-order valence-corrected chi connectivity index (χ2v) is 5.51. The maximum atomic E-state index is 12.4. The van der Waals surface area contributed by atoms with Gasteiger partial charge in [0.1, 0.15) is 5.75 Å². The summed E-state index contributed by atoms with van der Waals surface area (Å²) in [5.74, 6) is 0.648. The Balaban J connectivity index is 1.91. The topological polar surface area (TPSA) is 54.9 Å². The van der Waals surface area contributed by atoms with Crippen molar-refractivity contribution in [2.45, 2.75) is 32.1 Å². The molecule has 1 saturated heterocycles. The van der Waals surface area contributed by atoms with E-state index in [1.165, 1.54) is 12.1 Å². The molecule has 1 fully saturated rings. The number of ether oxygens (including phenoxy) is 2. The van der Waals surface area contributed by atoms with Crippen molar-refractivity contribution in [2.75, 3.05) is 20.2 Å². The van der Waals surface area contributed by atoms with Crippen LogP contribution in [-0.4, -0.2) is 38.9 Å². The van der Waals surface area contributed by atoms with Crippen molar-refractivity contribution < 1.29 is 18.3 Å². The Morgan fingerprint density at radius 1 is 1.48 bits per heavy atom. The lowest BCUT2D eigenvalue weighted by atomic mass is 10.2. The highest BCUT2D eigenvalue weighted by molar-refractivity contribution is 6.30. The molecule has 1 aliphatic rings. The van der Waals surface area contributed by atoms with Crippen LogP contribution in [0.3, 0.4) is 0 Å². The molecule has 1 aliphatic heterocycles. The number of hydrogen-bond donors (Lipinski definition) is 2. The van der Waals surface area contributed by atoms with Gasteiger partial charge in [-0.25, -0.2) is 0 Å². The highest BCUT2D eigenvalue weighted by atomic mass is 35.5. The van der Waals surface area contributed by atoms with E-state index in [-0.39, 0.29) is 18.4 Å². The number of benzene rings is 1. The van der Waals surface area contributed by atoms with Crippen LogP contribution >= 0.6 is 11.6 Å². The third kappa shape index (κ3) is 5.84. The summed E-state index contributed by atoms with van der Waals surface area (Å²) in [5, 5.41) is 6.65. The van der Waals surface area contributed by atoms with Gasteiger partial charge >= 0.3 is 6.61 Å². The number of nitrogens with zero attached hydrogens (tertiary/aromatic N) is 1. The Hall–Kier alpha value is -1.60. The van der Waals surface area contributed by atoms with E-state index in [1.807, 2.05) is 0 Å². The van der Waals surface area contributed by atoms with Gasteiger partial charge in [0.25, 0.3) is 0 Å². The summed E-state index contributed by atoms with van der Waals surface area (Å²) in [7, 11) is 1.64. The van der Waals surface area contributed by atoms with Crippen molar-refractivity contribution >= 4 is 17.6 Å². The standard InChI is InChI=1S/C15H20ClF2N3O2/c1-19-15(21-9-12-3-2-6-22-12)20-8-10-7-11(16)4-5-13(10)23-14(17)18/h4-5,7,12,14H,2-3,6,8-9H2,1H3,(H2,19,20,21). The van der Waals surface area contributed by atoms with E-state index in [1.54, 1.807) is 13.1 Å². The van der Waals surface area contributed by atoms with Crippen LogP contribution in [0.2, 0.25) is 5.02 Å². The van der Waals surface area contributed by atoms with E-state index in [0.29, 0.717) is 23.1 Å². The summed E-state index contributed by atoms with van der Waals surface area (Å²) in [6.07, 6.45) is 2.26. The van der Waals surface area contributed by atoms with Gasteiger partial charge in [-0.1, -0.05) is 11.6 Å². The first-order valence-electron chi connectivity index (χ1n) is 7.38. The molecule has 1 aromatic rings. The number of guanidine groups is 1. The zero-order valence-electron chi connectivity index (χ0n) is 12.8. The number of nitrogens with one attached hydrogen (secondary N) is 2. The highest BCUT2D eigenvalue weighted by Crippen LogP contribution is 2.24. The van der Waals surface area contributed by atoms with Crippen LogP contribution in [0.15, 0.2) is 23.2 Å². The summed E-state index contributed by atoms with van der Waals surface area (Å²) in [6, 6.07) is 4.51. The maximum Gasteiger partial charge on any atom is 0.387 e. The SMILES string of the molecule is CN=C(NCc1cc(Cl)ccc1OC(F)F)NCC1CCCO1. The minimum absolute atomic E-state index is 0.0893. The fraction of sp³-hybridized carbons (Fsp3) is 0.533. The van der Waals surface area contributed by atoms with Gasteiger partial charge in [0.05, 0.1) is 6.10 Å². The van der Waals surface area contributed by atoms with E-state index in [2.05, 4.69) is 20.4 Å².